The Morgan fingerprint density at radius 1 is 1.13 bits per heavy atom. The molecule has 0 aliphatic rings. The molecule has 0 saturated heterocycles. The minimum absolute atomic E-state index is 0.162. The van der Waals surface area contributed by atoms with Crippen molar-refractivity contribution in [1.29, 1.82) is 5.26 Å². The molecule has 31 heavy (non-hydrogen) atoms. The van der Waals surface area contributed by atoms with Gasteiger partial charge < -0.3 is 21.2 Å². The first kappa shape index (κ1) is 23.8. The molecule has 6 N–H and O–H groups in total. The quantitative estimate of drug-likeness (QED) is 0.242. The molecule has 0 aliphatic heterocycles. The van der Waals surface area contributed by atoms with Gasteiger partial charge in [0.1, 0.15) is 0 Å². The summed E-state index contributed by atoms with van der Waals surface area (Å²) in [5.74, 6) is 4.44. The van der Waals surface area contributed by atoms with E-state index < -0.39 is 47.6 Å². The summed E-state index contributed by atoms with van der Waals surface area (Å²) in [6.45, 7) is -0.722. The van der Waals surface area contributed by atoms with E-state index in [1.165, 1.54) is 6.07 Å². The fraction of sp³-hybridized carbons (Fsp3) is 0.222. The second kappa shape index (κ2) is 8.70. The number of carbonyl (C=O) groups is 1. The van der Waals surface area contributed by atoms with E-state index in [0.29, 0.717) is 17.1 Å². The van der Waals surface area contributed by atoms with Gasteiger partial charge in [0.15, 0.2) is 6.10 Å². The lowest BCUT2D eigenvalue weighted by Crippen LogP contribution is -2.43. The molecule has 2 aromatic rings. The molecule has 2 aromatic carbocycles. The highest BCUT2D eigenvalue weighted by Gasteiger charge is 2.34. The topological polar surface area (TPSA) is 128 Å². The van der Waals surface area contributed by atoms with Gasteiger partial charge in [0, 0.05) is 5.69 Å². The molecule has 1 atom stereocenters. The molecule has 0 spiro atoms. The summed E-state index contributed by atoms with van der Waals surface area (Å²) in [6.07, 6.45) is -11.5. The number of alkyl halides is 6. The molecular formula is C18H15F6N5O2. The molecule has 0 saturated carbocycles. The number of benzene rings is 2. The SMILES string of the molecule is N#Cc1ccc(NC(=O)[C@@H](O)CN(N)c2cc(C(F)(F)F)ccc2N)cc1C(F)(F)F. The third kappa shape index (κ3) is 5.77. The van der Waals surface area contributed by atoms with Gasteiger partial charge in [0.25, 0.3) is 5.91 Å². The molecule has 2 rings (SSSR count). The van der Waals surface area contributed by atoms with Gasteiger partial charge in [-0.05, 0) is 36.4 Å². The summed E-state index contributed by atoms with van der Waals surface area (Å²) in [7, 11) is 0. The predicted octanol–water partition coefficient (Wildman–Crippen LogP) is 2.86. The lowest BCUT2D eigenvalue weighted by Gasteiger charge is -2.24. The second-order valence-electron chi connectivity index (χ2n) is 6.30. The fourth-order valence-electron chi connectivity index (χ4n) is 2.52. The van der Waals surface area contributed by atoms with Crippen LogP contribution in [0.2, 0.25) is 0 Å². The van der Waals surface area contributed by atoms with Crippen LogP contribution in [0.25, 0.3) is 0 Å². The van der Waals surface area contributed by atoms with Crippen LogP contribution in [0.5, 0.6) is 0 Å². The number of hydrazine groups is 1. The number of hydrogen-bond acceptors (Lipinski definition) is 6. The van der Waals surface area contributed by atoms with Crippen LogP contribution in [0.15, 0.2) is 36.4 Å². The molecule has 0 bridgehead atoms. The molecular weight excluding hydrogens is 432 g/mol. The van der Waals surface area contributed by atoms with Crippen LogP contribution < -0.4 is 21.9 Å². The number of aliphatic hydroxyl groups is 1. The van der Waals surface area contributed by atoms with Crippen LogP contribution in [-0.2, 0) is 17.1 Å². The molecule has 0 unspecified atom stereocenters. The first-order valence-corrected chi connectivity index (χ1v) is 8.33. The Kier molecular flexibility index (Phi) is 6.67. The summed E-state index contributed by atoms with van der Waals surface area (Å²) in [5.41, 5.74) is 1.72. The first-order chi connectivity index (χ1) is 14.2. The van der Waals surface area contributed by atoms with Crippen LogP contribution in [0.3, 0.4) is 0 Å². The van der Waals surface area contributed by atoms with Crippen molar-refractivity contribution in [2.24, 2.45) is 5.84 Å². The number of aliphatic hydroxyl groups excluding tert-OH is 1. The van der Waals surface area contributed by atoms with Gasteiger partial charge >= 0.3 is 12.4 Å². The molecule has 7 nitrogen and oxygen atoms in total. The molecule has 0 radical (unpaired) electrons. The zero-order chi connectivity index (χ0) is 23.6. The lowest BCUT2D eigenvalue weighted by atomic mass is 10.1. The van der Waals surface area contributed by atoms with E-state index in [2.05, 4.69) is 0 Å². The van der Waals surface area contributed by atoms with Crippen LogP contribution in [0.4, 0.5) is 43.4 Å². The Labute approximate surface area is 171 Å². The number of nitrogens with zero attached hydrogens (tertiary/aromatic N) is 2. The van der Waals surface area contributed by atoms with Crippen LogP contribution in [0.1, 0.15) is 16.7 Å². The summed E-state index contributed by atoms with van der Waals surface area (Å²) in [4.78, 5) is 12.1. The maximum Gasteiger partial charge on any atom is 0.417 e. The lowest BCUT2D eigenvalue weighted by molar-refractivity contribution is -0.138. The van der Waals surface area contributed by atoms with E-state index >= 15 is 0 Å². The number of nitriles is 1. The standard InChI is InChI=1S/C18H15F6N5O2/c19-17(20,21)10-2-4-13(26)14(5-10)29(27)8-15(30)16(31)28-11-3-1-9(7-25)12(6-11)18(22,23)24/h1-6,15,30H,8,26-27H2,(H,28,31)/t15-/m0/s1. The Balaban J connectivity index is 2.16. The number of nitrogens with one attached hydrogen (secondary N) is 1. The summed E-state index contributed by atoms with van der Waals surface area (Å²) in [5, 5.41) is 21.4. The van der Waals surface area contributed by atoms with E-state index in [0.717, 1.165) is 24.3 Å². The fourth-order valence-corrected chi connectivity index (χ4v) is 2.52. The van der Waals surface area contributed by atoms with Crippen molar-refractivity contribution in [2.45, 2.75) is 18.5 Å². The molecule has 0 fully saturated rings. The first-order valence-electron chi connectivity index (χ1n) is 8.33. The number of carbonyl (C=O) groups excluding carboxylic acids is 1. The molecule has 0 heterocycles. The molecule has 166 valence electrons. The van der Waals surface area contributed by atoms with E-state index in [1.807, 2.05) is 5.32 Å². The molecule has 1 amide bonds. The highest BCUT2D eigenvalue weighted by Crippen LogP contribution is 2.35. The average molecular weight is 447 g/mol. The van der Waals surface area contributed by atoms with Crippen molar-refractivity contribution in [3.05, 3.63) is 53.1 Å². The number of anilines is 3. The number of rotatable bonds is 5. The molecule has 0 aliphatic carbocycles. The van der Waals surface area contributed by atoms with Crippen molar-refractivity contribution in [3.8, 4) is 6.07 Å². The van der Waals surface area contributed by atoms with Gasteiger partial charge in [0.05, 0.1) is 40.7 Å². The van der Waals surface area contributed by atoms with Crippen molar-refractivity contribution in [2.75, 3.05) is 22.6 Å². The van der Waals surface area contributed by atoms with Gasteiger partial charge in [-0.3, -0.25) is 4.79 Å². The Morgan fingerprint density at radius 2 is 1.77 bits per heavy atom. The second-order valence-corrected chi connectivity index (χ2v) is 6.30. The number of halogens is 6. The van der Waals surface area contributed by atoms with Crippen LogP contribution in [-0.4, -0.2) is 23.7 Å². The van der Waals surface area contributed by atoms with E-state index in [1.54, 1.807) is 0 Å². The Morgan fingerprint density at radius 3 is 2.32 bits per heavy atom. The highest BCUT2D eigenvalue weighted by atomic mass is 19.4. The Bertz CT molecular complexity index is 1020. The van der Waals surface area contributed by atoms with E-state index in [-0.39, 0.29) is 17.1 Å². The van der Waals surface area contributed by atoms with Crippen molar-refractivity contribution in [1.82, 2.24) is 0 Å². The summed E-state index contributed by atoms with van der Waals surface area (Å²) < 4.78 is 77.5. The van der Waals surface area contributed by atoms with E-state index in [4.69, 9.17) is 16.8 Å². The summed E-state index contributed by atoms with van der Waals surface area (Å²) in [6, 6.07) is 6.02. The molecule has 13 heteroatoms. The smallest absolute Gasteiger partial charge is 0.397 e. The highest BCUT2D eigenvalue weighted by molar-refractivity contribution is 5.94. The molecule has 0 aromatic heterocycles. The van der Waals surface area contributed by atoms with Gasteiger partial charge in [-0.15, -0.1) is 0 Å². The van der Waals surface area contributed by atoms with Crippen molar-refractivity contribution in [3.63, 3.8) is 0 Å². The number of hydrogen-bond donors (Lipinski definition) is 4. The van der Waals surface area contributed by atoms with Crippen LogP contribution in [0, 0.1) is 11.3 Å². The average Bonchev–Trinajstić information content (AvgIpc) is 2.66. The zero-order valence-electron chi connectivity index (χ0n) is 15.4. The number of nitrogens with two attached hydrogens (primary N) is 2. The van der Waals surface area contributed by atoms with Gasteiger partial charge in [-0.1, -0.05) is 0 Å². The minimum atomic E-state index is -4.86. The third-order valence-electron chi connectivity index (χ3n) is 4.05. The van der Waals surface area contributed by atoms with E-state index in [9.17, 15) is 36.2 Å². The minimum Gasteiger partial charge on any atom is -0.397 e. The normalized spacial score (nSPS) is 12.7. The van der Waals surface area contributed by atoms with Gasteiger partial charge in [-0.2, -0.15) is 31.6 Å². The van der Waals surface area contributed by atoms with Crippen molar-refractivity contribution < 1.29 is 36.2 Å². The Hall–Kier alpha value is -3.50. The van der Waals surface area contributed by atoms with Crippen LogP contribution >= 0.6 is 0 Å². The number of nitrogen functional groups attached to an aromatic ring is 1. The zero-order valence-corrected chi connectivity index (χ0v) is 15.4. The largest absolute Gasteiger partial charge is 0.417 e. The van der Waals surface area contributed by atoms with Gasteiger partial charge in [-0.25, -0.2) is 5.84 Å². The maximum absolute atomic E-state index is 13.0. The third-order valence-corrected chi connectivity index (χ3v) is 4.05. The number of amides is 1. The summed E-state index contributed by atoms with van der Waals surface area (Å²) >= 11 is 0. The predicted molar refractivity (Wildman–Crippen MR) is 98.2 cm³/mol. The maximum atomic E-state index is 13.0. The van der Waals surface area contributed by atoms with Crippen molar-refractivity contribution >= 4 is 23.0 Å². The monoisotopic (exact) mass is 447 g/mol. The van der Waals surface area contributed by atoms with Gasteiger partial charge in [0.2, 0.25) is 0 Å².